The van der Waals surface area contributed by atoms with Crippen LogP contribution in [0.5, 0.6) is 0 Å². The van der Waals surface area contributed by atoms with E-state index in [-0.39, 0.29) is 18.0 Å². The Morgan fingerprint density at radius 3 is 2.74 bits per heavy atom. The van der Waals surface area contributed by atoms with Gasteiger partial charge in [0.2, 0.25) is 10.0 Å². The summed E-state index contributed by atoms with van der Waals surface area (Å²) >= 11 is 0. The van der Waals surface area contributed by atoms with Crippen LogP contribution in [0, 0.1) is 0 Å². The summed E-state index contributed by atoms with van der Waals surface area (Å²) in [6.45, 7) is 0.00120. The first-order valence-electron chi connectivity index (χ1n) is 5.47. The standard InChI is InChI=1S/C10H18N4O4S/c1-14(6-8(15)7-18-2)19(16,17)9-3-4-10(13-11)12-5-9/h3-5,8,15H,6-7,11H2,1-2H3,(H,12,13). The molecule has 8 nitrogen and oxygen atoms in total. The first kappa shape index (κ1) is 15.8. The number of aliphatic hydroxyl groups is 1. The third-order valence-electron chi connectivity index (χ3n) is 2.42. The number of hydrazine groups is 1. The summed E-state index contributed by atoms with van der Waals surface area (Å²) in [6.07, 6.45) is 0.312. The molecule has 0 aliphatic carbocycles. The van der Waals surface area contributed by atoms with Crippen LogP contribution in [0.3, 0.4) is 0 Å². The third-order valence-corrected chi connectivity index (χ3v) is 4.23. The number of hydrogen-bond donors (Lipinski definition) is 3. The summed E-state index contributed by atoms with van der Waals surface area (Å²) < 4.78 is 30.1. The lowest BCUT2D eigenvalue weighted by molar-refractivity contribution is 0.0554. The van der Waals surface area contributed by atoms with Crippen LogP contribution in [0.1, 0.15) is 0 Å². The van der Waals surface area contributed by atoms with Gasteiger partial charge in [-0.2, -0.15) is 4.31 Å². The molecule has 0 bridgehead atoms. The van der Waals surface area contributed by atoms with Gasteiger partial charge in [-0.05, 0) is 12.1 Å². The maximum Gasteiger partial charge on any atom is 0.244 e. The van der Waals surface area contributed by atoms with Crippen LogP contribution < -0.4 is 11.3 Å². The number of methoxy groups -OCH3 is 1. The topological polar surface area (TPSA) is 118 Å². The number of anilines is 1. The fourth-order valence-corrected chi connectivity index (χ4v) is 2.59. The van der Waals surface area contributed by atoms with Crippen molar-refractivity contribution in [2.24, 2.45) is 5.84 Å². The lowest BCUT2D eigenvalue weighted by Crippen LogP contribution is -2.36. The summed E-state index contributed by atoms with van der Waals surface area (Å²) in [6, 6.07) is 2.84. The number of nitrogen functional groups attached to an aromatic ring is 1. The predicted molar refractivity (Wildman–Crippen MR) is 69.7 cm³/mol. The normalized spacial score (nSPS) is 13.5. The largest absolute Gasteiger partial charge is 0.389 e. The monoisotopic (exact) mass is 290 g/mol. The molecular formula is C10H18N4O4S. The number of pyridine rings is 1. The van der Waals surface area contributed by atoms with Crippen molar-refractivity contribution in [1.82, 2.24) is 9.29 Å². The van der Waals surface area contributed by atoms with E-state index in [0.29, 0.717) is 5.82 Å². The van der Waals surface area contributed by atoms with Gasteiger partial charge in [-0.25, -0.2) is 19.2 Å². The Labute approximate surface area is 112 Å². The number of hydrogen-bond acceptors (Lipinski definition) is 7. The second-order valence-corrected chi connectivity index (χ2v) is 5.96. The van der Waals surface area contributed by atoms with Crippen LogP contribution in [0.25, 0.3) is 0 Å². The zero-order valence-corrected chi connectivity index (χ0v) is 11.6. The van der Waals surface area contributed by atoms with Gasteiger partial charge in [-0.1, -0.05) is 0 Å². The Morgan fingerprint density at radius 1 is 1.58 bits per heavy atom. The average molecular weight is 290 g/mol. The van der Waals surface area contributed by atoms with Crippen LogP contribution in [0.4, 0.5) is 5.82 Å². The molecule has 9 heteroatoms. The molecule has 0 saturated heterocycles. The molecule has 1 unspecified atom stereocenters. The van der Waals surface area contributed by atoms with Crippen molar-refractivity contribution in [1.29, 1.82) is 0 Å². The second kappa shape index (κ2) is 6.78. The zero-order chi connectivity index (χ0) is 14.5. The van der Waals surface area contributed by atoms with Gasteiger partial charge in [0.1, 0.15) is 10.7 Å². The van der Waals surface area contributed by atoms with Gasteiger partial charge in [-0.15, -0.1) is 0 Å². The van der Waals surface area contributed by atoms with Crippen LogP contribution in [-0.2, 0) is 14.8 Å². The highest BCUT2D eigenvalue weighted by atomic mass is 32.2. The van der Waals surface area contributed by atoms with Gasteiger partial charge in [0.15, 0.2) is 0 Å². The molecule has 0 aliphatic rings. The quantitative estimate of drug-likeness (QED) is 0.435. The molecule has 108 valence electrons. The fraction of sp³-hybridized carbons (Fsp3) is 0.500. The van der Waals surface area contributed by atoms with Gasteiger partial charge in [0, 0.05) is 26.9 Å². The summed E-state index contributed by atoms with van der Waals surface area (Å²) in [5.74, 6) is 5.51. The average Bonchev–Trinajstić information content (AvgIpc) is 2.39. The van der Waals surface area contributed by atoms with E-state index in [4.69, 9.17) is 10.6 Å². The van der Waals surface area contributed by atoms with E-state index in [1.165, 1.54) is 32.5 Å². The minimum absolute atomic E-state index is 0.0265. The Kier molecular flexibility index (Phi) is 5.63. The van der Waals surface area contributed by atoms with Crippen molar-refractivity contribution in [3.63, 3.8) is 0 Å². The lowest BCUT2D eigenvalue weighted by atomic mass is 10.4. The SMILES string of the molecule is COCC(O)CN(C)S(=O)(=O)c1ccc(NN)nc1. The maximum absolute atomic E-state index is 12.2. The van der Waals surface area contributed by atoms with Crippen LogP contribution in [-0.4, -0.2) is 56.2 Å². The van der Waals surface area contributed by atoms with Gasteiger partial charge >= 0.3 is 0 Å². The highest BCUT2D eigenvalue weighted by molar-refractivity contribution is 7.89. The number of nitrogens with one attached hydrogen (secondary N) is 1. The number of likely N-dealkylation sites (N-methyl/N-ethyl adjacent to an activating group) is 1. The molecule has 0 radical (unpaired) electrons. The molecule has 1 atom stereocenters. The molecule has 1 aromatic rings. The van der Waals surface area contributed by atoms with Gasteiger partial charge in [0.25, 0.3) is 0 Å². The number of sulfonamides is 1. The molecule has 0 aromatic carbocycles. The molecule has 0 aliphatic heterocycles. The Hall–Kier alpha value is -1.26. The van der Waals surface area contributed by atoms with E-state index in [0.717, 1.165) is 4.31 Å². The molecule has 1 aromatic heterocycles. The number of ether oxygens (including phenoxy) is 1. The van der Waals surface area contributed by atoms with Crippen LogP contribution in [0.15, 0.2) is 23.2 Å². The van der Waals surface area contributed by atoms with Crippen molar-refractivity contribution in [3.05, 3.63) is 18.3 Å². The smallest absolute Gasteiger partial charge is 0.244 e. The summed E-state index contributed by atoms with van der Waals surface area (Å²) in [7, 11) is -0.882. The van der Waals surface area contributed by atoms with Crippen LogP contribution >= 0.6 is 0 Å². The lowest BCUT2D eigenvalue weighted by Gasteiger charge is -2.20. The summed E-state index contributed by atoms with van der Waals surface area (Å²) in [5, 5.41) is 9.54. The second-order valence-electron chi connectivity index (χ2n) is 3.92. The predicted octanol–water partition coefficient (Wildman–Crippen LogP) is -1.00. The van der Waals surface area contributed by atoms with E-state index in [2.05, 4.69) is 10.4 Å². The summed E-state index contributed by atoms with van der Waals surface area (Å²) in [4.78, 5) is 3.86. The Balaban J connectivity index is 2.83. The Bertz CT molecular complexity index is 491. The highest BCUT2D eigenvalue weighted by Gasteiger charge is 2.23. The zero-order valence-electron chi connectivity index (χ0n) is 10.8. The Morgan fingerprint density at radius 2 is 2.26 bits per heavy atom. The molecule has 1 heterocycles. The molecule has 0 amide bonds. The van der Waals surface area contributed by atoms with Crippen LogP contribution in [0.2, 0.25) is 0 Å². The molecule has 0 spiro atoms. The van der Waals surface area contributed by atoms with Crippen molar-refractivity contribution in [2.75, 3.05) is 32.7 Å². The highest BCUT2D eigenvalue weighted by Crippen LogP contribution is 2.15. The number of rotatable bonds is 7. The van der Waals surface area contributed by atoms with Crippen molar-refractivity contribution in [2.45, 2.75) is 11.0 Å². The number of aliphatic hydroxyl groups excluding tert-OH is 1. The van der Waals surface area contributed by atoms with Crippen molar-refractivity contribution < 1.29 is 18.3 Å². The number of nitrogens with two attached hydrogens (primary N) is 1. The van der Waals surface area contributed by atoms with Gasteiger partial charge < -0.3 is 15.3 Å². The molecule has 0 saturated carbocycles. The van der Waals surface area contributed by atoms with Crippen molar-refractivity contribution >= 4 is 15.8 Å². The van der Waals surface area contributed by atoms with E-state index >= 15 is 0 Å². The summed E-state index contributed by atoms with van der Waals surface area (Å²) in [5.41, 5.74) is 2.31. The minimum Gasteiger partial charge on any atom is -0.389 e. The number of aromatic nitrogens is 1. The maximum atomic E-state index is 12.2. The van der Waals surface area contributed by atoms with Gasteiger partial charge in [-0.3, -0.25) is 0 Å². The molecule has 1 rings (SSSR count). The first-order chi connectivity index (χ1) is 8.91. The number of nitrogens with zero attached hydrogens (tertiary/aromatic N) is 2. The molecule has 19 heavy (non-hydrogen) atoms. The molecule has 4 N–H and O–H groups in total. The third kappa shape index (κ3) is 4.11. The van der Waals surface area contributed by atoms with E-state index in [1.54, 1.807) is 0 Å². The van der Waals surface area contributed by atoms with Gasteiger partial charge in [0.05, 0.1) is 12.7 Å². The molecule has 0 fully saturated rings. The minimum atomic E-state index is -3.69. The first-order valence-corrected chi connectivity index (χ1v) is 6.91. The van der Waals surface area contributed by atoms with E-state index in [1.807, 2.05) is 0 Å². The van der Waals surface area contributed by atoms with Crippen molar-refractivity contribution in [3.8, 4) is 0 Å². The van der Waals surface area contributed by atoms with E-state index < -0.39 is 16.1 Å². The van der Waals surface area contributed by atoms with E-state index in [9.17, 15) is 13.5 Å². The fourth-order valence-electron chi connectivity index (χ4n) is 1.44. The molecular weight excluding hydrogens is 272 g/mol.